The molecule has 0 radical (unpaired) electrons. The number of aromatic nitrogens is 1. The van der Waals surface area contributed by atoms with Crippen molar-refractivity contribution in [2.75, 3.05) is 0 Å². The predicted octanol–water partition coefficient (Wildman–Crippen LogP) is 8.66. The van der Waals surface area contributed by atoms with Crippen LogP contribution in [0.1, 0.15) is 40.8 Å². The minimum absolute atomic E-state index is 0.381. The molecule has 0 saturated carbocycles. The number of hydrogen-bond donors (Lipinski definition) is 0. The van der Waals surface area contributed by atoms with E-state index in [-0.39, 0.29) is 0 Å². The van der Waals surface area contributed by atoms with Gasteiger partial charge in [-0.05, 0) is 34.9 Å². The van der Waals surface area contributed by atoms with Crippen molar-refractivity contribution >= 4 is 28.8 Å². The van der Waals surface area contributed by atoms with Gasteiger partial charge in [-0.2, -0.15) is 0 Å². The quantitative estimate of drug-likeness (QED) is 0.265. The first-order valence-electron chi connectivity index (χ1n) is 11.9. The van der Waals surface area contributed by atoms with E-state index in [4.69, 9.17) is 0 Å². The van der Waals surface area contributed by atoms with Gasteiger partial charge in [0.15, 0.2) is 0 Å². The molecule has 1 nitrogen and oxygen atoms in total. The van der Waals surface area contributed by atoms with Crippen LogP contribution in [0.5, 0.6) is 0 Å². The first-order chi connectivity index (χ1) is 16.8. The van der Waals surface area contributed by atoms with Crippen LogP contribution in [0.4, 0.5) is 0 Å². The molecule has 1 heterocycles. The van der Waals surface area contributed by atoms with Gasteiger partial charge in [0.05, 0.1) is 5.52 Å². The minimum atomic E-state index is 0.381. The molecule has 1 atom stereocenters. The smallest absolute Gasteiger partial charge is 0.0537 e. The average molecular weight is 440 g/mol. The van der Waals surface area contributed by atoms with E-state index in [9.17, 15) is 0 Å². The maximum absolute atomic E-state index is 4.12. The molecule has 0 saturated heterocycles. The minimum Gasteiger partial charge on any atom is -0.313 e. The van der Waals surface area contributed by atoms with E-state index < -0.39 is 0 Å². The fourth-order valence-corrected chi connectivity index (χ4v) is 4.73. The van der Waals surface area contributed by atoms with Gasteiger partial charge in [-0.1, -0.05) is 123 Å². The Bertz CT molecular complexity index is 1420. The maximum atomic E-state index is 4.12. The van der Waals surface area contributed by atoms with Crippen LogP contribution < -0.4 is 0 Å². The third-order valence-electron chi connectivity index (χ3n) is 6.60. The fraction of sp³-hybridized carbons (Fsp3) is 0.0909. The molecule has 0 aliphatic heterocycles. The average Bonchev–Trinajstić information content (AvgIpc) is 3.02. The van der Waals surface area contributed by atoms with Crippen molar-refractivity contribution in [1.82, 2.24) is 4.57 Å². The Kier molecular flexibility index (Phi) is 6.27. The molecular weight excluding hydrogens is 410 g/mol. The van der Waals surface area contributed by atoms with Gasteiger partial charge in [-0.25, -0.2) is 0 Å². The molecule has 0 bridgehead atoms. The molecule has 0 amide bonds. The zero-order valence-electron chi connectivity index (χ0n) is 19.6. The third-order valence-corrected chi connectivity index (χ3v) is 6.60. The molecule has 1 unspecified atom stereocenters. The Hall–Kier alpha value is -4.10. The van der Waals surface area contributed by atoms with Gasteiger partial charge in [0.25, 0.3) is 0 Å². The third kappa shape index (κ3) is 4.25. The first kappa shape index (κ1) is 21.7. The summed E-state index contributed by atoms with van der Waals surface area (Å²) in [5.74, 6) is 0.381. The first-order valence-corrected chi connectivity index (χ1v) is 11.9. The number of allylic oxidation sites excluding steroid dienone is 7. The summed E-state index contributed by atoms with van der Waals surface area (Å²) in [4.78, 5) is 0. The molecule has 34 heavy (non-hydrogen) atoms. The van der Waals surface area contributed by atoms with Gasteiger partial charge in [-0.3, -0.25) is 0 Å². The summed E-state index contributed by atoms with van der Waals surface area (Å²) in [7, 11) is 0. The molecule has 1 aliphatic rings. The zero-order chi connectivity index (χ0) is 23.3. The highest BCUT2D eigenvalue weighted by molar-refractivity contribution is 5.95. The highest BCUT2D eigenvalue weighted by Crippen LogP contribution is 2.32. The molecule has 1 heteroatoms. The number of para-hydroxylation sites is 1. The molecule has 0 fully saturated rings. The van der Waals surface area contributed by atoms with E-state index in [1.54, 1.807) is 0 Å². The Labute approximate surface area is 202 Å². The second-order valence-corrected chi connectivity index (χ2v) is 8.66. The van der Waals surface area contributed by atoms with Crippen LogP contribution in [0.25, 0.3) is 28.8 Å². The zero-order valence-corrected chi connectivity index (χ0v) is 19.6. The van der Waals surface area contributed by atoms with Crippen molar-refractivity contribution in [1.29, 1.82) is 0 Å². The molecule has 4 aromatic rings. The van der Waals surface area contributed by atoms with E-state index in [0.29, 0.717) is 5.92 Å². The van der Waals surface area contributed by atoms with Gasteiger partial charge >= 0.3 is 0 Å². The predicted molar refractivity (Wildman–Crippen MR) is 148 cm³/mol. The number of nitrogens with zero attached hydrogens (tertiary/aromatic N) is 1. The monoisotopic (exact) mass is 439 g/mol. The highest BCUT2D eigenvalue weighted by atomic mass is 15.0. The summed E-state index contributed by atoms with van der Waals surface area (Å²) in [6, 6.07) is 28.1. The molecule has 0 N–H and O–H groups in total. The van der Waals surface area contributed by atoms with Gasteiger partial charge in [0.1, 0.15) is 0 Å². The van der Waals surface area contributed by atoms with Gasteiger partial charge in [0.2, 0.25) is 0 Å². The van der Waals surface area contributed by atoms with Crippen molar-refractivity contribution in [2.24, 2.45) is 0 Å². The normalized spacial score (nSPS) is 14.3. The van der Waals surface area contributed by atoms with Crippen LogP contribution >= 0.6 is 0 Å². The van der Waals surface area contributed by atoms with Crippen molar-refractivity contribution < 1.29 is 0 Å². The lowest BCUT2D eigenvalue weighted by molar-refractivity contribution is 0.922. The largest absolute Gasteiger partial charge is 0.313 e. The standard InChI is InChI=1S/C33H29N/c1-3-29(34-32-19-9-5-8-17-30(32)31-18-10-11-20-33(31)34)16-12-13-26-21-23-28(24-22-26)25(2)27-14-6-4-7-15-27/h3-18,20-25H,1,19H2,2H3/b13-12+,29-16+. The van der Waals surface area contributed by atoms with Gasteiger partial charge in [-0.15, -0.1) is 0 Å². The van der Waals surface area contributed by atoms with Gasteiger partial charge < -0.3 is 4.57 Å². The molecule has 1 aromatic heterocycles. The summed E-state index contributed by atoms with van der Waals surface area (Å²) in [5.41, 5.74) is 8.73. The second kappa shape index (κ2) is 9.80. The van der Waals surface area contributed by atoms with E-state index in [1.165, 1.54) is 38.9 Å². The molecule has 0 spiro atoms. The van der Waals surface area contributed by atoms with Crippen molar-refractivity contribution in [3.63, 3.8) is 0 Å². The molecule has 5 rings (SSSR count). The van der Waals surface area contributed by atoms with Crippen molar-refractivity contribution in [3.05, 3.63) is 150 Å². The molecule has 1 aliphatic carbocycles. The molecule has 166 valence electrons. The highest BCUT2D eigenvalue weighted by Gasteiger charge is 2.16. The van der Waals surface area contributed by atoms with Crippen molar-refractivity contribution in [3.8, 4) is 0 Å². The van der Waals surface area contributed by atoms with Crippen LogP contribution in [0.2, 0.25) is 0 Å². The van der Waals surface area contributed by atoms with Crippen molar-refractivity contribution in [2.45, 2.75) is 19.3 Å². The number of rotatable bonds is 6. The number of benzene rings is 3. The summed E-state index contributed by atoms with van der Waals surface area (Å²) in [5, 5.41) is 1.28. The van der Waals surface area contributed by atoms with E-state index in [2.05, 4.69) is 139 Å². The van der Waals surface area contributed by atoms with Crippen LogP contribution in [0.3, 0.4) is 0 Å². The molecule has 3 aromatic carbocycles. The van der Waals surface area contributed by atoms with E-state index in [1.807, 2.05) is 6.08 Å². The summed E-state index contributed by atoms with van der Waals surface area (Å²) in [6.07, 6.45) is 17.9. The summed E-state index contributed by atoms with van der Waals surface area (Å²) >= 11 is 0. The SMILES string of the molecule is C=C/C(=C\C=C\c1ccc(C(C)c2ccccc2)cc1)n1c2c(c3ccccc31)C=CC=CC2. The second-order valence-electron chi connectivity index (χ2n) is 8.66. The van der Waals surface area contributed by atoms with Crippen LogP contribution in [0, 0.1) is 0 Å². The maximum Gasteiger partial charge on any atom is 0.0537 e. The Morgan fingerprint density at radius 2 is 1.62 bits per heavy atom. The topological polar surface area (TPSA) is 4.93 Å². The Morgan fingerprint density at radius 3 is 2.41 bits per heavy atom. The van der Waals surface area contributed by atoms with Gasteiger partial charge in [0, 0.05) is 34.7 Å². The van der Waals surface area contributed by atoms with E-state index in [0.717, 1.165) is 12.1 Å². The van der Waals surface area contributed by atoms with E-state index >= 15 is 0 Å². The van der Waals surface area contributed by atoms with Crippen LogP contribution in [0.15, 0.2) is 122 Å². The summed E-state index contributed by atoms with van der Waals surface area (Å²) < 4.78 is 2.34. The van der Waals surface area contributed by atoms with Crippen LogP contribution in [-0.2, 0) is 6.42 Å². The van der Waals surface area contributed by atoms with Crippen LogP contribution in [-0.4, -0.2) is 4.57 Å². The lowest BCUT2D eigenvalue weighted by Crippen LogP contribution is -2.00. The lowest BCUT2D eigenvalue weighted by atomic mass is 9.92. The Morgan fingerprint density at radius 1 is 0.882 bits per heavy atom. The fourth-order valence-electron chi connectivity index (χ4n) is 4.73. The number of hydrogen-bond acceptors (Lipinski definition) is 0. The summed E-state index contributed by atoms with van der Waals surface area (Å²) in [6.45, 7) is 6.38. The molecular formula is C33H29N. The number of fused-ring (bicyclic) bond motifs is 3. The lowest BCUT2D eigenvalue weighted by Gasteiger charge is -2.12. The Balaban J connectivity index is 1.43.